The van der Waals surface area contributed by atoms with Crippen LogP contribution in [0.25, 0.3) is 0 Å². The van der Waals surface area contributed by atoms with Gasteiger partial charge in [0.15, 0.2) is 0 Å². The van der Waals surface area contributed by atoms with Gasteiger partial charge in [0.1, 0.15) is 0 Å². The van der Waals surface area contributed by atoms with Crippen LogP contribution in [0.5, 0.6) is 0 Å². The zero-order valence-corrected chi connectivity index (χ0v) is 17.5. The third kappa shape index (κ3) is 5.35. The van der Waals surface area contributed by atoms with E-state index in [4.69, 9.17) is 0 Å². The van der Waals surface area contributed by atoms with Crippen LogP contribution in [0.2, 0.25) is 0 Å². The van der Waals surface area contributed by atoms with E-state index < -0.39 is 0 Å². The molecule has 2 amide bonds. The van der Waals surface area contributed by atoms with Crippen LogP contribution in [0.3, 0.4) is 0 Å². The van der Waals surface area contributed by atoms with E-state index in [1.54, 1.807) is 11.3 Å². The first-order valence-electron chi connectivity index (χ1n) is 10.1. The second-order valence-electron chi connectivity index (χ2n) is 7.37. The lowest BCUT2D eigenvalue weighted by molar-refractivity contribution is -0.115. The fourth-order valence-electron chi connectivity index (χ4n) is 3.39. The van der Waals surface area contributed by atoms with E-state index in [1.807, 2.05) is 42.6 Å². The van der Waals surface area contributed by atoms with Gasteiger partial charge >= 0.3 is 0 Å². The van der Waals surface area contributed by atoms with Crippen molar-refractivity contribution < 1.29 is 9.59 Å². The molecule has 0 spiro atoms. The quantitative estimate of drug-likeness (QED) is 0.723. The Morgan fingerprint density at radius 3 is 2.64 bits per heavy atom. The summed E-state index contributed by atoms with van der Waals surface area (Å²) in [7, 11) is 0. The number of hydrogen-bond donors (Lipinski definition) is 2. The highest BCUT2D eigenvalue weighted by atomic mass is 32.1. The van der Waals surface area contributed by atoms with Crippen molar-refractivity contribution in [2.24, 2.45) is 0 Å². The molecular weight excluding hydrogens is 370 g/mol. The molecule has 0 bridgehead atoms. The molecule has 0 radical (unpaired) electrons. The van der Waals surface area contributed by atoms with E-state index in [9.17, 15) is 9.59 Å². The van der Waals surface area contributed by atoms with E-state index in [2.05, 4.69) is 22.5 Å². The number of nitrogens with zero attached hydrogens (tertiary/aromatic N) is 1. The highest BCUT2D eigenvalue weighted by Crippen LogP contribution is 2.27. The maximum absolute atomic E-state index is 12.9. The van der Waals surface area contributed by atoms with Crippen LogP contribution in [0.1, 0.15) is 54.8 Å². The number of anilines is 2. The average molecular weight is 400 g/mol. The number of thiophene rings is 1. The number of carbonyl (C=O) groups excluding carboxylic acids is 2. The van der Waals surface area contributed by atoms with Crippen molar-refractivity contribution >= 4 is 34.5 Å². The molecule has 2 aromatic rings. The summed E-state index contributed by atoms with van der Waals surface area (Å²) in [5.41, 5.74) is 2.25. The number of rotatable bonds is 7. The molecule has 1 aromatic heterocycles. The Bertz CT molecular complexity index is 798. The van der Waals surface area contributed by atoms with Crippen LogP contribution < -0.4 is 15.5 Å². The summed E-state index contributed by atoms with van der Waals surface area (Å²) in [5, 5.41) is 7.97. The van der Waals surface area contributed by atoms with Gasteiger partial charge in [-0.25, -0.2) is 0 Å². The highest BCUT2D eigenvalue weighted by Gasteiger charge is 2.20. The number of hydrogen-bond acceptors (Lipinski definition) is 4. The fourth-order valence-corrected chi connectivity index (χ4v) is 4.09. The van der Waals surface area contributed by atoms with Crippen molar-refractivity contribution in [3.8, 4) is 0 Å². The molecule has 1 aromatic carbocycles. The van der Waals surface area contributed by atoms with Crippen LogP contribution in [0.4, 0.5) is 11.4 Å². The van der Waals surface area contributed by atoms with E-state index in [1.165, 1.54) is 6.42 Å². The summed E-state index contributed by atoms with van der Waals surface area (Å²) in [6.07, 6.45) is 4.75. The summed E-state index contributed by atoms with van der Waals surface area (Å²) < 4.78 is 0. The van der Waals surface area contributed by atoms with Gasteiger partial charge in [-0.2, -0.15) is 0 Å². The molecule has 1 aliphatic rings. The third-order valence-electron chi connectivity index (χ3n) is 5.13. The fraction of sp³-hybridized carbons (Fsp3) is 0.455. The molecule has 1 fully saturated rings. The Kier molecular flexibility index (Phi) is 7.09. The largest absolute Gasteiger partial charge is 0.371 e. The molecule has 1 saturated heterocycles. The summed E-state index contributed by atoms with van der Waals surface area (Å²) >= 11 is 1.57. The predicted molar refractivity (Wildman–Crippen MR) is 116 cm³/mol. The minimum absolute atomic E-state index is 0.0681. The number of benzene rings is 1. The summed E-state index contributed by atoms with van der Waals surface area (Å²) in [6.45, 7) is 5.99. The van der Waals surface area contributed by atoms with Crippen LogP contribution in [-0.2, 0) is 11.2 Å². The zero-order chi connectivity index (χ0) is 19.9. The van der Waals surface area contributed by atoms with Gasteiger partial charge in [0, 0.05) is 35.4 Å². The Labute approximate surface area is 171 Å². The molecule has 2 N–H and O–H groups in total. The number of carbonyl (C=O) groups is 2. The van der Waals surface area contributed by atoms with Gasteiger partial charge in [0.05, 0.1) is 12.0 Å². The van der Waals surface area contributed by atoms with Crippen molar-refractivity contribution in [2.75, 3.05) is 23.3 Å². The third-order valence-corrected chi connectivity index (χ3v) is 6.00. The van der Waals surface area contributed by atoms with Gasteiger partial charge in [-0.3, -0.25) is 9.59 Å². The van der Waals surface area contributed by atoms with Crippen LogP contribution in [-0.4, -0.2) is 30.9 Å². The molecule has 5 nitrogen and oxygen atoms in total. The predicted octanol–water partition coefficient (Wildman–Crippen LogP) is 4.45. The maximum atomic E-state index is 12.9. The minimum Gasteiger partial charge on any atom is -0.371 e. The standard InChI is InChI=1S/C22H29N3O2S/c1-3-16(2)23-22(27)19-14-17(24-21(26)15-18-8-7-13-28-18)9-10-20(19)25-11-5-4-6-12-25/h7-10,13-14,16H,3-6,11-12,15H2,1-2H3,(H,23,27)(H,24,26). The summed E-state index contributed by atoms with van der Waals surface area (Å²) in [6, 6.07) is 9.69. The molecule has 1 aliphatic heterocycles. The molecule has 3 rings (SSSR count). The molecule has 0 saturated carbocycles. The van der Waals surface area contributed by atoms with Crippen LogP contribution >= 0.6 is 11.3 Å². The topological polar surface area (TPSA) is 61.4 Å². The van der Waals surface area contributed by atoms with Gasteiger partial charge < -0.3 is 15.5 Å². The zero-order valence-electron chi connectivity index (χ0n) is 16.7. The van der Waals surface area contributed by atoms with Gasteiger partial charge in [0.2, 0.25) is 5.91 Å². The van der Waals surface area contributed by atoms with Crippen LogP contribution in [0, 0.1) is 0 Å². The van der Waals surface area contributed by atoms with E-state index in [-0.39, 0.29) is 17.9 Å². The van der Waals surface area contributed by atoms with Gasteiger partial charge in [-0.05, 0) is 62.3 Å². The SMILES string of the molecule is CCC(C)NC(=O)c1cc(NC(=O)Cc2cccs2)ccc1N1CCCCC1. The molecule has 6 heteroatoms. The normalized spacial score (nSPS) is 15.1. The molecule has 28 heavy (non-hydrogen) atoms. The van der Waals surface area contributed by atoms with Gasteiger partial charge in [0.25, 0.3) is 5.91 Å². The Balaban J connectivity index is 1.80. The molecule has 150 valence electrons. The Morgan fingerprint density at radius 2 is 1.96 bits per heavy atom. The smallest absolute Gasteiger partial charge is 0.253 e. The molecule has 2 heterocycles. The maximum Gasteiger partial charge on any atom is 0.253 e. The van der Waals surface area contributed by atoms with E-state index >= 15 is 0 Å². The lowest BCUT2D eigenvalue weighted by atomic mass is 10.1. The first kappa shape index (κ1) is 20.4. The van der Waals surface area contributed by atoms with Crippen molar-refractivity contribution in [2.45, 2.75) is 52.0 Å². The highest BCUT2D eigenvalue weighted by molar-refractivity contribution is 7.10. The van der Waals surface area contributed by atoms with Crippen molar-refractivity contribution in [1.82, 2.24) is 5.32 Å². The minimum atomic E-state index is -0.0794. The monoisotopic (exact) mass is 399 g/mol. The summed E-state index contributed by atoms with van der Waals surface area (Å²) in [4.78, 5) is 28.6. The van der Waals surface area contributed by atoms with Crippen LogP contribution in [0.15, 0.2) is 35.7 Å². The van der Waals surface area contributed by atoms with Crippen molar-refractivity contribution in [3.05, 3.63) is 46.2 Å². The van der Waals surface area contributed by atoms with Crippen molar-refractivity contribution in [1.29, 1.82) is 0 Å². The second kappa shape index (κ2) is 9.73. The molecule has 0 aliphatic carbocycles. The number of nitrogens with one attached hydrogen (secondary N) is 2. The molecule has 1 atom stereocenters. The average Bonchev–Trinajstić information content (AvgIpc) is 3.21. The van der Waals surface area contributed by atoms with E-state index in [0.717, 1.165) is 42.9 Å². The summed E-state index contributed by atoms with van der Waals surface area (Å²) in [5.74, 6) is -0.147. The lowest BCUT2D eigenvalue weighted by Gasteiger charge is -2.31. The molecular formula is C22H29N3O2S. The molecule has 1 unspecified atom stereocenters. The van der Waals surface area contributed by atoms with Crippen molar-refractivity contribution in [3.63, 3.8) is 0 Å². The van der Waals surface area contributed by atoms with E-state index in [0.29, 0.717) is 17.7 Å². The Morgan fingerprint density at radius 1 is 1.18 bits per heavy atom. The first-order chi connectivity index (χ1) is 13.6. The number of piperidine rings is 1. The Hall–Kier alpha value is -2.34. The van der Waals surface area contributed by atoms with Gasteiger partial charge in [-0.1, -0.05) is 13.0 Å². The number of amides is 2. The van der Waals surface area contributed by atoms with Gasteiger partial charge in [-0.15, -0.1) is 11.3 Å². The lowest BCUT2D eigenvalue weighted by Crippen LogP contribution is -2.35. The second-order valence-corrected chi connectivity index (χ2v) is 8.40. The first-order valence-corrected chi connectivity index (χ1v) is 11.0.